The Morgan fingerprint density at radius 1 is 1.05 bits per heavy atom. The number of hydrogen-bond acceptors (Lipinski definition) is 2. The van der Waals surface area contributed by atoms with E-state index in [9.17, 15) is 0 Å². The van der Waals surface area contributed by atoms with E-state index in [0.717, 1.165) is 24.6 Å². The quantitative estimate of drug-likeness (QED) is 0.725. The molecule has 4 aliphatic rings. The lowest BCUT2D eigenvalue weighted by Crippen LogP contribution is -2.61. The minimum atomic E-state index is 0.0796. The number of piperidine rings is 3. The zero-order chi connectivity index (χ0) is 13.2. The first-order valence-electron chi connectivity index (χ1n) is 7.75. The Bertz CT molecular complexity index is 640. The molecule has 1 unspecified atom stereocenters. The summed E-state index contributed by atoms with van der Waals surface area (Å²) in [7, 11) is 0. The molecule has 2 nitrogen and oxygen atoms in total. The van der Waals surface area contributed by atoms with E-state index >= 15 is 0 Å². The molecule has 2 aromatic carbocycles. The third-order valence-electron chi connectivity index (χ3n) is 5.55. The van der Waals surface area contributed by atoms with Crippen molar-refractivity contribution in [2.24, 2.45) is 5.92 Å². The minimum Gasteiger partial charge on any atom is -0.485 e. The van der Waals surface area contributed by atoms with Gasteiger partial charge in [-0.2, -0.15) is 0 Å². The van der Waals surface area contributed by atoms with Crippen LogP contribution in [0.1, 0.15) is 18.4 Å². The van der Waals surface area contributed by atoms with Gasteiger partial charge in [-0.05, 0) is 54.4 Å². The summed E-state index contributed by atoms with van der Waals surface area (Å²) in [5, 5.41) is 2.64. The zero-order valence-electron chi connectivity index (χ0n) is 11.6. The molecule has 2 aromatic rings. The van der Waals surface area contributed by atoms with E-state index in [0.29, 0.717) is 0 Å². The summed E-state index contributed by atoms with van der Waals surface area (Å²) in [4.78, 5) is 2.59. The number of benzene rings is 2. The Kier molecular flexibility index (Phi) is 2.10. The van der Waals surface area contributed by atoms with E-state index in [1.807, 2.05) is 0 Å². The maximum Gasteiger partial charge on any atom is 0.129 e. The highest BCUT2D eigenvalue weighted by atomic mass is 16.5. The predicted octanol–water partition coefficient (Wildman–Crippen LogP) is 3.24. The van der Waals surface area contributed by atoms with Gasteiger partial charge >= 0.3 is 0 Å². The van der Waals surface area contributed by atoms with E-state index in [1.165, 1.54) is 42.3 Å². The SMILES string of the molecule is c1ccc2cc3c(cc2c1)CC1(CN2CCC1CC2)O3. The summed E-state index contributed by atoms with van der Waals surface area (Å²) in [6.45, 7) is 3.67. The van der Waals surface area contributed by atoms with Crippen molar-refractivity contribution in [1.29, 1.82) is 0 Å². The average Bonchev–Trinajstić information content (AvgIpc) is 2.82. The molecule has 6 rings (SSSR count). The average molecular weight is 265 g/mol. The summed E-state index contributed by atoms with van der Waals surface area (Å²) in [5.74, 6) is 1.89. The van der Waals surface area contributed by atoms with Crippen LogP contribution >= 0.6 is 0 Å². The second-order valence-corrected chi connectivity index (χ2v) is 6.70. The van der Waals surface area contributed by atoms with E-state index in [-0.39, 0.29) is 5.60 Å². The molecular weight excluding hydrogens is 246 g/mol. The lowest BCUT2D eigenvalue weighted by atomic mass is 9.73. The Balaban J connectivity index is 1.60. The minimum absolute atomic E-state index is 0.0796. The Hall–Kier alpha value is -1.54. The molecule has 0 N–H and O–H groups in total. The first-order chi connectivity index (χ1) is 9.82. The van der Waals surface area contributed by atoms with Gasteiger partial charge in [0.05, 0.1) is 0 Å². The molecule has 0 aromatic heterocycles. The number of hydrogen-bond donors (Lipinski definition) is 0. The third-order valence-corrected chi connectivity index (χ3v) is 5.55. The van der Waals surface area contributed by atoms with Gasteiger partial charge in [-0.25, -0.2) is 0 Å². The molecule has 4 heterocycles. The van der Waals surface area contributed by atoms with Crippen molar-refractivity contribution in [3.63, 3.8) is 0 Å². The molecule has 0 saturated carbocycles. The number of ether oxygens (including phenoxy) is 1. The lowest BCUT2D eigenvalue weighted by molar-refractivity contribution is -0.0798. The maximum atomic E-state index is 6.54. The van der Waals surface area contributed by atoms with Crippen molar-refractivity contribution in [2.75, 3.05) is 19.6 Å². The Labute approximate surface area is 119 Å². The Morgan fingerprint density at radius 2 is 1.80 bits per heavy atom. The van der Waals surface area contributed by atoms with E-state index in [1.54, 1.807) is 0 Å². The highest BCUT2D eigenvalue weighted by molar-refractivity contribution is 5.85. The topological polar surface area (TPSA) is 12.5 Å². The van der Waals surface area contributed by atoms with Crippen LogP contribution in [0.5, 0.6) is 5.75 Å². The fraction of sp³-hybridized carbons (Fsp3) is 0.444. The van der Waals surface area contributed by atoms with Crippen molar-refractivity contribution in [2.45, 2.75) is 24.9 Å². The third kappa shape index (κ3) is 1.43. The molecular formula is C18H19NO. The molecule has 0 aliphatic carbocycles. The molecule has 20 heavy (non-hydrogen) atoms. The van der Waals surface area contributed by atoms with Gasteiger partial charge in [0.1, 0.15) is 11.4 Å². The van der Waals surface area contributed by atoms with Gasteiger partial charge in [0.15, 0.2) is 0 Å². The highest BCUT2D eigenvalue weighted by Crippen LogP contribution is 2.47. The van der Waals surface area contributed by atoms with Gasteiger partial charge in [0, 0.05) is 18.9 Å². The molecule has 3 saturated heterocycles. The summed E-state index contributed by atoms with van der Waals surface area (Å²) >= 11 is 0. The van der Waals surface area contributed by atoms with Crippen LogP contribution in [0.2, 0.25) is 0 Å². The fourth-order valence-electron chi connectivity index (χ4n) is 4.52. The standard InChI is InChI=1S/C18H19NO/c1-2-4-14-10-17-15(9-13(14)3-1)11-18(20-17)12-19-7-5-16(18)6-8-19/h1-4,9-10,16H,5-8,11-12H2. The van der Waals surface area contributed by atoms with Crippen LogP contribution in [0.25, 0.3) is 10.8 Å². The zero-order valence-corrected chi connectivity index (χ0v) is 11.6. The number of nitrogens with zero attached hydrogens (tertiary/aromatic N) is 1. The van der Waals surface area contributed by atoms with Gasteiger partial charge in [-0.15, -0.1) is 0 Å². The van der Waals surface area contributed by atoms with E-state index in [4.69, 9.17) is 4.74 Å². The Morgan fingerprint density at radius 3 is 2.50 bits per heavy atom. The van der Waals surface area contributed by atoms with E-state index in [2.05, 4.69) is 41.3 Å². The van der Waals surface area contributed by atoms with Crippen molar-refractivity contribution in [1.82, 2.24) is 4.90 Å². The molecule has 0 amide bonds. The van der Waals surface area contributed by atoms with Crippen LogP contribution in [0.3, 0.4) is 0 Å². The number of rotatable bonds is 0. The molecule has 2 heteroatoms. The lowest BCUT2D eigenvalue weighted by Gasteiger charge is -2.50. The van der Waals surface area contributed by atoms with Crippen LogP contribution in [-0.2, 0) is 6.42 Å². The second kappa shape index (κ2) is 3.76. The molecule has 3 fully saturated rings. The van der Waals surface area contributed by atoms with Crippen molar-refractivity contribution < 1.29 is 4.74 Å². The first kappa shape index (κ1) is 11.2. The van der Waals surface area contributed by atoms with Crippen molar-refractivity contribution in [3.8, 4) is 5.75 Å². The second-order valence-electron chi connectivity index (χ2n) is 6.70. The monoisotopic (exact) mass is 265 g/mol. The number of fused-ring (bicyclic) bond motifs is 4. The van der Waals surface area contributed by atoms with Crippen LogP contribution in [-0.4, -0.2) is 30.1 Å². The molecule has 1 spiro atoms. The smallest absolute Gasteiger partial charge is 0.129 e. The molecule has 4 aliphatic heterocycles. The molecule has 1 atom stereocenters. The predicted molar refractivity (Wildman–Crippen MR) is 80.2 cm³/mol. The summed E-state index contributed by atoms with van der Waals surface area (Å²) < 4.78 is 6.54. The molecule has 0 radical (unpaired) electrons. The summed E-state index contributed by atoms with van der Waals surface area (Å²) in [5.41, 5.74) is 1.49. The first-order valence-corrected chi connectivity index (χ1v) is 7.75. The van der Waals surface area contributed by atoms with Gasteiger partial charge in [-0.3, -0.25) is 4.90 Å². The van der Waals surface area contributed by atoms with Crippen LogP contribution in [0, 0.1) is 5.92 Å². The fourth-order valence-corrected chi connectivity index (χ4v) is 4.52. The van der Waals surface area contributed by atoms with Gasteiger partial charge in [-0.1, -0.05) is 24.3 Å². The van der Waals surface area contributed by atoms with Crippen LogP contribution in [0.4, 0.5) is 0 Å². The largest absolute Gasteiger partial charge is 0.485 e. The molecule has 2 bridgehead atoms. The van der Waals surface area contributed by atoms with Crippen LogP contribution in [0.15, 0.2) is 36.4 Å². The van der Waals surface area contributed by atoms with Crippen LogP contribution < -0.4 is 4.74 Å². The normalized spacial score (nSPS) is 34.4. The van der Waals surface area contributed by atoms with Gasteiger partial charge < -0.3 is 4.74 Å². The van der Waals surface area contributed by atoms with Gasteiger partial charge in [0.2, 0.25) is 0 Å². The van der Waals surface area contributed by atoms with Crippen molar-refractivity contribution in [3.05, 3.63) is 42.0 Å². The van der Waals surface area contributed by atoms with E-state index < -0.39 is 0 Å². The molecule has 102 valence electrons. The van der Waals surface area contributed by atoms with Crippen molar-refractivity contribution >= 4 is 10.8 Å². The maximum absolute atomic E-state index is 6.54. The summed E-state index contributed by atoms with van der Waals surface area (Å²) in [6.07, 6.45) is 3.73. The summed E-state index contributed by atoms with van der Waals surface area (Å²) in [6, 6.07) is 13.2. The highest BCUT2D eigenvalue weighted by Gasteiger charge is 2.51. The van der Waals surface area contributed by atoms with Gasteiger partial charge in [0.25, 0.3) is 0 Å².